The summed E-state index contributed by atoms with van der Waals surface area (Å²) in [5, 5.41) is 5.29. The molecule has 0 radical (unpaired) electrons. The third-order valence-electron chi connectivity index (χ3n) is 2.75. The summed E-state index contributed by atoms with van der Waals surface area (Å²) in [5.74, 6) is 0. The number of carbonyl (C=O) groups is 1. The van der Waals surface area contributed by atoms with E-state index in [4.69, 9.17) is 5.73 Å². The van der Waals surface area contributed by atoms with Gasteiger partial charge in [-0.05, 0) is 31.5 Å². The van der Waals surface area contributed by atoms with Crippen molar-refractivity contribution in [2.75, 3.05) is 5.32 Å². The van der Waals surface area contributed by atoms with Crippen LogP contribution in [0.3, 0.4) is 0 Å². The molecule has 4 nitrogen and oxygen atoms in total. The summed E-state index contributed by atoms with van der Waals surface area (Å²) in [5.41, 5.74) is 6.34. The fourth-order valence-electron chi connectivity index (χ4n) is 1.93. The molecule has 0 heterocycles. The van der Waals surface area contributed by atoms with Crippen LogP contribution in [-0.2, 0) is 0 Å². The molecule has 0 aromatic heterocycles. The Kier molecular flexibility index (Phi) is 5.38. The van der Waals surface area contributed by atoms with Crippen LogP contribution in [0.4, 0.5) is 23.7 Å². The molecule has 20 heavy (non-hydrogen) atoms. The summed E-state index contributed by atoms with van der Waals surface area (Å²) < 4.78 is 36.7. The Morgan fingerprint density at radius 2 is 1.80 bits per heavy atom. The molecule has 0 aliphatic carbocycles. The van der Waals surface area contributed by atoms with Gasteiger partial charge in [0.1, 0.15) is 0 Å². The lowest BCUT2D eigenvalue weighted by atomic mass is 10.1. The molecule has 0 bridgehead atoms. The minimum Gasteiger partial charge on any atom is -0.351 e. The van der Waals surface area contributed by atoms with E-state index >= 15 is 0 Å². The second-order valence-electron chi connectivity index (χ2n) is 4.72. The van der Waals surface area contributed by atoms with Crippen LogP contribution in [-0.4, -0.2) is 18.2 Å². The van der Waals surface area contributed by atoms with Crippen molar-refractivity contribution in [2.45, 2.75) is 38.5 Å². The first kappa shape index (κ1) is 16.3. The molecular formula is C13H18F3N3O. The van der Waals surface area contributed by atoms with E-state index in [1.54, 1.807) is 31.2 Å². The van der Waals surface area contributed by atoms with Crippen LogP contribution in [0.5, 0.6) is 0 Å². The van der Waals surface area contributed by atoms with Crippen molar-refractivity contribution in [3.8, 4) is 0 Å². The van der Waals surface area contributed by atoms with Gasteiger partial charge in [0.2, 0.25) is 0 Å². The zero-order valence-corrected chi connectivity index (χ0v) is 11.3. The highest BCUT2D eigenvalue weighted by atomic mass is 19.4. The van der Waals surface area contributed by atoms with E-state index in [9.17, 15) is 18.0 Å². The lowest BCUT2D eigenvalue weighted by molar-refractivity contribution is -0.139. The molecule has 0 aliphatic heterocycles. The normalized spacial score (nSPS) is 14.7. The second kappa shape index (κ2) is 6.60. The van der Waals surface area contributed by atoms with Crippen molar-refractivity contribution in [2.24, 2.45) is 5.73 Å². The van der Waals surface area contributed by atoms with Crippen LogP contribution in [0.1, 0.15) is 31.9 Å². The first-order valence-corrected chi connectivity index (χ1v) is 6.16. The van der Waals surface area contributed by atoms with Crippen LogP contribution < -0.4 is 16.4 Å². The number of alkyl halides is 3. The fourth-order valence-corrected chi connectivity index (χ4v) is 1.93. The number of hydrogen-bond donors (Lipinski definition) is 3. The third-order valence-corrected chi connectivity index (χ3v) is 2.75. The molecule has 112 valence electrons. The average molecular weight is 289 g/mol. The number of anilines is 1. The number of amides is 2. The molecule has 0 fully saturated rings. The molecule has 0 saturated carbocycles. The minimum absolute atomic E-state index is 0.227. The summed E-state index contributed by atoms with van der Waals surface area (Å²) in [6.07, 6.45) is -5.06. The maximum atomic E-state index is 12.2. The summed E-state index contributed by atoms with van der Waals surface area (Å²) >= 11 is 0. The van der Waals surface area contributed by atoms with E-state index in [1.807, 2.05) is 0 Å². The molecular weight excluding hydrogens is 271 g/mol. The Morgan fingerprint density at radius 1 is 1.25 bits per heavy atom. The first-order valence-electron chi connectivity index (χ1n) is 6.16. The van der Waals surface area contributed by atoms with Gasteiger partial charge in [0, 0.05) is 17.8 Å². The number of urea groups is 1. The summed E-state index contributed by atoms with van der Waals surface area (Å²) in [4.78, 5) is 10.7. The number of benzene rings is 1. The molecule has 0 aliphatic rings. The van der Waals surface area contributed by atoms with Crippen LogP contribution >= 0.6 is 0 Å². The van der Waals surface area contributed by atoms with E-state index in [-0.39, 0.29) is 6.04 Å². The predicted molar refractivity (Wildman–Crippen MR) is 71.3 cm³/mol. The lowest BCUT2D eigenvalue weighted by Gasteiger charge is -2.21. The molecule has 0 spiro atoms. The van der Waals surface area contributed by atoms with Gasteiger partial charge < -0.3 is 16.4 Å². The Balaban J connectivity index is 2.59. The lowest BCUT2D eigenvalue weighted by Crippen LogP contribution is -2.33. The number of hydrogen-bond acceptors (Lipinski definition) is 2. The standard InChI is InChI=1S/C13H18F3N3O/c1-8(7-13(14,15)16)18-9(2)10-3-5-11(6-4-10)19-12(17)20/h3-6,8-9,18H,7H2,1-2H3,(H3,17,19,20). The SMILES string of the molecule is CC(CC(F)(F)F)NC(C)c1ccc(NC(N)=O)cc1. The molecule has 1 aromatic rings. The minimum atomic E-state index is -4.18. The highest BCUT2D eigenvalue weighted by Crippen LogP contribution is 2.23. The molecule has 2 amide bonds. The topological polar surface area (TPSA) is 67.2 Å². The van der Waals surface area contributed by atoms with Gasteiger partial charge in [-0.1, -0.05) is 12.1 Å². The second-order valence-corrected chi connectivity index (χ2v) is 4.72. The smallest absolute Gasteiger partial charge is 0.351 e. The highest BCUT2D eigenvalue weighted by molar-refractivity contribution is 5.87. The molecule has 4 N–H and O–H groups in total. The predicted octanol–water partition coefficient (Wildman–Crippen LogP) is 3.17. The number of primary amides is 1. The van der Waals surface area contributed by atoms with E-state index < -0.39 is 24.7 Å². The Labute approximate surface area is 115 Å². The summed E-state index contributed by atoms with van der Waals surface area (Å²) in [6, 6.07) is 5.18. The summed E-state index contributed by atoms with van der Waals surface area (Å²) in [6.45, 7) is 3.27. The zero-order chi connectivity index (χ0) is 15.3. The number of nitrogens with two attached hydrogens (primary N) is 1. The van der Waals surface area contributed by atoms with E-state index in [0.717, 1.165) is 5.56 Å². The van der Waals surface area contributed by atoms with Crippen LogP contribution in [0.2, 0.25) is 0 Å². The van der Waals surface area contributed by atoms with Crippen LogP contribution in [0.15, 0.2) is 24.3 Å². The number of rotatable bonds is 5. The van der Waals surface area contributed by atoms with Gasteiger partial charge in [0.05, 0.1) is 6.42 Å². The maximum Gasteiger partial charge on any atom is 0.390 e. The van der Waals surface area contributed by atoms with E-state index in [2.05, 4.69) is 10.6 Å². The molecule has 1 rings (SSSR count). The van der Waals surface area contributed by atoms with Crippen molar-refractivity contribution < 1.29 is 18.0 Å². The third kappa shape index (κ3) is 5.92. The first-order chi connectivity index (χ1) is 9.17. The Morgan fingerprint density at radius 3 is 2.25 bits per heavy atom. The summed E-state index contributed by atoms with van der Waals surface area (Å²) in [7, 11) is 0. The van der Waals surface area contributed by atoms with Gasteiger partial charge in [-0.3, -0.25) is 0 Å². The van der Waals surface area contributed by atoms with Crippen molar-refractivity contribution in [1.29, 1.82) is 0 Å². The van der Waals surface area contributed by atoms with Gasteiger partial charge in [-0.25, -0.2) is 4.79 Å². The van der Waals surface area contributed by atoms with Gasteiger partial charge in [-0.15, -0.1) is 0 Å². The Bertz CT molecular complexity index is 445. The number of nitrogens with one attached hydrogen (secondary N) is 2. The van der Waals surface area contributed by atoms with Crippen molar-refractivity contribution >= 4 is 11.7 Å². The quantitative estimate of drug-likeness (QED) is 0.779. The van der Waals surface area contributed by atoms with E-state index in [0.29, 0.717) is 5.69 Å². The van der Waals surface area contributed by atoms with Gasteiger partial charge in [0.15, 0.2) is 0 Å². The molecule has 7 heteroatoms. The van der Waals surface area contributed by atoms with Crippen molar-refractivity contribution in [3.63, 3.8) is 0 Å². The number of carbonyl (C=O) groups excluding carboxylic acids is 1. The fraction of sp³-hybridized carbons (Fsp3) is 0.462. The molecule has 2 unspecified atom stereocenters. The van der Waals surface area contributed by atoms with Crippen molar-refractivity contribution in [1.82, 2.24) is 5.32 Å². The van der Waals surface area contributed by atoms with Crippen LogP contribution in [0, 0.1) is 0 Å². The van der Waals surface area contributed by atoms with Crippen molar-refractivity contribution in [3.05, 3.63) is 29.8 Å². The van der Waals surface area contributed by atoms with Gasteiger partial charge in [-0.2, -0.15) is 13.2 Å². The average Bonchev–Trinajstić information content (AvgIpc) is 2.26. The number of halogens is 3. The largest absolute Gasteiger partial charge is 0.390 e. The zero-order valence-electron chi connectivity index (χ0n) is 11.3. The van der Waals surface area contributed by atoms with Gasteiger partial charge >= 0.3 is 12.2 Å². The van der Waals surface area contributed by atoms with Crippen LogP contribution in [0.25, 0.3) is 0 Å². The maximum absolute atomic E-state index is 12.2. The Hall–Kier alpha value is -1.76. The highest BCUT2D eigenvalue weighted by Gasteiger charge is 2.30. The molecule has 0 saturated heterocycles. The molecule has 2 atom stereocenters. The van der Waals surface area contributed by atoms with E-state index in [1.165, 1.54) is 6.92 Å². The monoisotopic (exact) mass is 289 g/mol. The molecule has 1 aromatic carbocycles. The van der Waals surface area contributed by atoms with Gasteiger partial charge in [0.25, 0.3) is 0 Å².